The summed E-state index contributed by atoms with van der Waals surface area (Å²) in [6.45, 7) is 5.02. The van der Waals surface area contributed by atoms with Crippen molar-refractivity contribution in [1.29, 1.82) is 0 Å². The second-order valence-electron chi connectivity index (χ2n) is 4.19. The van der Waals surface area contributed by atoms with E-state index in [4.69, 9.17) is 9.84 Å². The van der Waals surface area contributed by atoms with E-state index in [9.17, 15) is 14.7 Å². The largest absolute Gasteiger partial charge is 0.478 e. The van der Waals surface area contributed by atoms with Gasteiger partial charge in [-0.3, -0.25) is 4.79 Å². The molecular formula is C13H23NO5. The summed E-state index contributed by atoms with van der Waals surface area (Å²) < 4.78 is 5.19. The molecule has 1 rings (SSSR count). The van der Waals surface area contributed by atoms with Gasteiger partial charge in [-0.1, -0.05) is 13.8 Å². The highest BCUT2D eigenvalue weighted by molar-refractivity contribution is 5.82. The maximum Gasteiger partial charge on any atom is 0.329 e. The highest BCUT2D eigenvalue weighted by Gasteiger charge is 2.34. The van der Waals surface area contributed by atoms with Gasteiger partial charge in [0.05, 0.1) is 0 Å². The van der Waals surface area contributed by atoms with Crippen LogP contribution < -0.4 is 5.32 Å². The molecule has 1 aliphatic rings. The predicted octanol–water partition coefficient (Wildman–Crippen LogP) is 0.906. The number of hydrogen-bond donors (Lipinski definition) is 3. The third-order valence-corrected chi connectivity index (χ3v) is 2.89. The number of aliphatic hydroxyl groups excluding tert-OH is 1. The summed E-state index contributed by atoms with van der Waals surface area (Å²) >= 11 is 0. The molecule has 110 valence electrons. The van der Waals surface area contributed by atoms with E-state index >= 15 is 0 Å². The van der Waals surface area contributed by atoms with Gasteiger partial charge >= 0.3 is 5.97 Å². The van der Waals surface area contributed by atoms with Crippen LogP contribution in [0.25, 0.3) is 0 Å². The van der Waals surface area contributed by atoms with Crippen molar-refractivity contribution >= 4 is 11.9 Å². The summed E-state index contributed by atoms with van der Waals surface area (Å²) in [4.78, 5) is 21.7. The van der Waals surface area contributed by atoms with Gasteiger partial charge in [-0.25, -0.2) is 4.79 Å². The first-order valence-corrected chi connectivity index (χ1v) is 6.45. The lowest BCUT2D eigenvalue weighted by Gasteiger charge is -2.34. The number of nitrogens with one attached hydrogen (secondary N) is 1. The van der Waals surface area contributed by atoms with Gasteiger partial charge in [0.2, 0.25) is 5.91 Å². The van der Waals surface area contributed by atoms with E-state index in [1.54, 1.807) is 0 Å². The minimum Gasteiger partial charge on any atom is -0.478 e. The summed E-state index contributed by atoms with van der Waals surface area (Å²) in [7, 11) is 0. The molecule has 1 heterocycles. The Kier molecular flexibility index (Phi) is 8.82. The summed E-state index contributed by atoms with van der Waals surface area (Å²) in [6.07, 6.45) is 3.40. The lowest BCUT2D eigenvalue weighted by molar-refractivity contribution is -0.131. The molecule has 0 spiro atoms. The lowest BCUT2D eigenvalue weighted by Crippen LogP contribution is -2.37. The molecule has 0 radical (unpaired) electrons. The maximum absolute atomic E-state index is 11.5. The number of carboxylic acids is 1. The molecule has 0 unspecified atom stereocenters. The number of aliphatic hydroxyl groups is 1. The molecule has 0 aromatic heterocycles. The van der Waals surface area contributed by atoms with E-state index < -0.39 is 11.4 Å². The first kappa shape index (κ1) is 17.6. The molecule has 6 heteroatoms. The van der Waals surface area contributed by atoms with Gasteiger partial charge in [-0.2, -0.15) is 0 Å². The third-order valence-electron chi connectivity index (χ3n) is 2.89. The molecule has 0 bridgehead atoms. The monoisotopic (exact) mass is 273 g/mol. The number of carbonyl (C=O) groups excluding carboxylic acids is 1. The summed E-state index contributed by atoms with van der Waals surface area (Å²) in [5.41, 5.74) is -0.431. The minimum absolute atomic E-state index is 0.0631. The van der Waals surface area contributed by atoms with Gasteiger partial charge in [-0.05, 0) is 12.8 Å². The van der Waals surface area contributed by atoms with Crippen LogP contribution in [0.1, 0.15) is 33.1 Å². The van der Waals surface area contributed by atoms with Crippen molar-refractivity contribution < 1.29 is 24.5 Å². The van der Waals surface area contributed by atoms with Crippen molar-refractivity contribution in [3.63, 3.8) is 0 Å². The van der Waals surface area contributed by atoms with Crippen molar-refractivity contribution in [3.05, 3.63) is 12.3 Å². The zero-order valence-electron chi connectivity index (χ0n) is 11.5. The van der Waals surface area contributed by atoms with Crippen LogP contribution in [0.15, 0.2) is 12.3 Å². The van der Waals surface area contributed by atoms with Gasteiger partial charge in [0.15, 0.2) is 0 Å². The molecule has 1 saturated heterocycles. The first-order valence-electron chi connectivity index (χ1n) is 6.45. The fourth-order valence-corrected chi connectivity index (χ4v) is 1.79. The average molecular weight is 273 g/mol. The first-order chi connectivity index (χ1) is 9.08. The molecule has 1 fully saturated rings. The fraction of sp³-hybridized carbons (Fsp3) is 0.692. The van der Waals surface area contributed by atoms with Crippen LogP contribution in [0.3, 0.4) is 0 Å². The predicted molar refractivity (Wildman–Crippen MR) is 70.5 cm³/mol. The number of carboxylic acid groups (broad SMARTS) is 1. The molecule has 6 nitrogen and oxygen atoms in total. The van der Waals surface area contributed by atoms with Gasteiger partial charge in [0.1, 0.15) is 0 Å². The van der Waals surface area contributed by atoms with Gasteiger partial charge in [0.25, 0.3) is 0 Å². The highest BCUT2D eigenvalue weighted by atomic mass is 16.5. The van der Waals surface area contributed by atoms with E-state index in [2.05, 4.69) is 5.32 Å². The van der Waals surface area contributed by atoms with Crippen LogP contribution in [0, 0.1) is 5.41 Å². The molecule has 0 aromatic rings. The second-order valence-corrected chi connectivity index (χ2v) is 4.19. The summed E-state index contributed by atoms with van der Waals surface area (Å²) in [5.74, 6) is -1.41. The van der Waals surface area contributed by atoms with Crippen molar-refractivity contribution in [2.45, 2.75) is 33.1 Å². The van der Waals surface area contributed by atoms with Crippen LogP contribution >= 0.6 is 0 Å². The Morgan fingerprint density at radius 1 is 1.32 bits per heavy atom. The van der Waals surface area contributed by atoms with E-state index in [1.807, 2.05) is 13.8 Å². The molecule has 3 N–H and O–H groups in total. The molecule has 1 aliphatic heterocycles. The maximum atomic E-state index is 11.5. The second kappa shape index (κ2) is 9.52. The topological polar surface area (TPSA) is 95.9 Å². The Labute approximate surface area is 113 Å². The number of amides is 1. The van der Waals surface area contributed by atoms with Crippen molar-refractivity contribution in [2.24, 2.45) is 5.41 Å². The molecule has 0 aliphatic carbocycles. The van der Waals surface area contributed by atoms with Gasteiger partial charge < -0.3 is 20.3 Å². The van der Waals surface area contributed by atoms with Gasteiger partial charge in [0, 0.05) is 43.9 Å². The molecule has 0 atom stereocenters. The zero-order valence-corrected chi connectivity index (χ0v) is 11.5. The summed E-state index contributed by atoms with van der Waals surface area (Å²) in [6, 6.07) is 0. The number of carbonyl (C=O) groups is 2. The fourth-order valence-electron chi connectivity index (χ4n) is 1.79. The van der Waals surface area contributed by atoms with E-state index in [0.29, 0.717) is 26.1 Å². The highest BCUT2D eigenvalue weighted by Crippen LogP contribution is 2.33. The van der Waals surface area contributed by atoms with Crippen molar-refractivity contribution in [3.8, 4) is 0 Å². The van der Waals surface area contributed by atoms with E-state index in [-0.39, 0.29) is 18.9 Å². The molecule has 19 heavy (non-hydrogen) atoms. The molecular weight excluding hydrogens is 250 g/mol. The average Bonchev–Trinajstić information content (AvgIpc) is 2.41. The van der Waals surface area contributed by atoms with Crippen LogP contribution in [-0.4, -0.2) is 41.9 Å². The standard InChI is InChI=1S/C11H17NO5.C2H6/c13-8-11(2-5-17-6-3-11)7-9(14)12-4-1-10(15)16;1-2/h1,4,13H,2-3,5-8H2,(H,12,14)(H,15,16);1-2H3/b4-1+;. The van der Waals surface area contributed by atoms with E-state index in [1.165, 1.54) is 0 Å². The quantitative estimate of drug-likeness (QED) is 0.647. The van der Waals surface area contributed by atoms with Crippen molar-refractivity contribution in [1.82, 2.24) is 5.32 Å². The van der Waals surface area contributed by atoms with Crippen molar-refractivity contribution in [2.75, 3.05) is 19.8 Å². The van der Waals surface area contributed by atoms with E-state index in [0.717, 1.165) is 12.3 Å². The Balaban J connectivity index is 0.00000154. The number of aliphatic carboxylic acids is 1. The Morgan fingerprint density at radius 2 is 1.89 bits per heavy atom. The third kappa shape index (κ3) is 6.93. The SMILES string of the molecule is CC.O=C(O)/C=C/NC(=O)CC1(CO)CCOCC1. The Bertz CT molecular complexity index is 308. The van der Waals surface area contributed by atoms with Crippen LogP contribution in [0.4, 0.5) is 0 Å². The number of ether oxygens (including phenoxy) is 1. The Hall–Kier alpha value is -1.40. The number of hydrogen-bond acceptors (Lipinski definition) is 4. The minimum atomic E-state index is -1.12. The normalized spacial score (nSPS) is 17.4. The smallest absolute Gasteiger partial charge is 0.329 e. The van der Waals surface area contributed by atoms with Crippen LogP contribution in [0.5, 0.6) is 0 Å². The molecule has 0 aromatic carbocycles. The molecule has 0 saturated carbocycles. The number of rotatable bonds is 5. The van der Waals surface area contributed by atoms with Crippen LogP contribution in [0.2, 0.25) is 0 Å². The van der Waals surface area contributed by atoms with Gasteiger partial charge in [-0.15, -0.1) is 0 Å². The Morgan fingerprint density at radius 3 is 2.37 bits per heavy atom. The van der Waals surface area contributed by atoms with Crippen LogP contribution in [-0.2, 0) is 14.3 Å². The molecule has 1 amide bonds. The zero-order chi connectivity index (χ0) is 14.7. The summed E-state index contributed by atoms with van der Waals surface area (Å²) in [5, 5.41) is 20.1. The lowest BCUT2D eigenvalue weighted by atomic mass is 9.78.